The Kier molecular flexibility index (Phi) is 6.10. The fourth-order valence-corrected chi connectivity index (χ4v) is 1.46. The molecule has 0 aromatic heterocycles. The third kappa shape index (κ3) is 5.33. The second-order valence-electron chi connectivity index (χ2n) is 3.16. The highest BCUT2D eigenvalue weighted by Gasteiger charge is 2.22. The van der Waals surface area contributed by atoms with Gasteiger partial charge in [-0.2, -0.15) is 0 Å². The van der Waals surface area contributed by atoms with Gasteiger partial charge in [0.25, 0.3) is 6.47 Å². The molecule has 1 aliphatic rings. The van der Waals surface area contributed by atoms with Crippen molar-refractivity contribution in [1.82, 2.24) is 0 Å². The first-order valence-electron chi connectivity index (χ1n) is 4.34. The summed E-state index contributed by atoms with van der Waals surface area (Å²) in [7, 11) is 0. The van der Waals surface area contributed by atoms with Crippen LogP contribution >= 0.6 is 0 Å². The molecule has 0 amide bonds. The van der Waals surface area contributed by atoms with Crippen molar-refractivity contribution < 1.29 is 19.1 Å². The normalized spacial score (nSPS) is 26.9. The Morgan fingerprint density at radius 2 is 1.77 bits per heavy atom. The van der Waals surface area contributed by atoms with Gasteiger partial charge in [-0.3, -0.25) is 9.59 Å². The van der Waals surface area contributed by atoms with Gasteiger partial charge in [0.2, 0.25) is 0 Å². The van der Waals surface area contributed by atoms with Gasteiger partial charge in [0.15, 0.2) is 0 Å². The standard InChI is InChI=1S/C8H13FO.CH2O2/c1-6(10)7-2-4-8(9)5-3-7;2-1-3/h7-8H,2-5H2,1H3;1H,(H,2,3). The summed E-state index contributed by atoms with van der Waals surface area (Å²) in [6.45, 7) is 1.35. The summed E-state index contributed by atoms with van der Waals surface area (Å²) in [5, 5.41) is 6.89. The molecule has 0 heterocycles. The maximum absolute atomic E-state index is 12.5. The van der Waals surface area contributed by atoms with Gasteiger partial charge < -0.3 is 5.11 Å². The van der Waals surface area contributed by atoms with Crippen LogP contribution < -0.4 is 0 Å². The maximum atomic E-state index is 12.5. The van der Waals surface area contributed by atoms with Crippen LogP contribution in [0.1, 0.15) is 32.6 Å². The number of hydrogen-bond acceptors (Lipinski definition) is 2. The average molecular weight is 190 g/mol. The van der Waals surface area contributed by atoms with Crippen molar-refractivity contribution in [1.29, 1.82) is 0 Å². The van der Waals surface area contributed by atoms with Gasteiger partial charge in [-0.1, -0.05) is 0 Å². The fraction of sp³-hybridized carbons (Fsp3) is 0.778. The molecule has 76 valence electrons. The van der Waals surface area contributed by atoms with Crippen molar-refractivity contribution in [2.45, 2.75) is 38.8 Å². The van der Waals surface area contributed by atoms with E-state index in [1.54, 1.807) is 6.92 Å². The van der Waals surface area contributed by atoms with E-state index in [4.69, 9.17) is 9.90 Å². The summed E-state index contributed by atoms with van der Waals surface area (Å²) in [6, 6.07) is 0. The average Bonchev–Trinajstić information content (AvgIpc) is 2.06. The second-order valence-corrected chi connectivity index (χ2v) is 3.16. The van der Waals surface area contributed by atoms with Crippen LogP contribution in [0.2, 0.25) is 0 Å². The first-order valence-corrected chi connectivity index (χ1v) is 4.34. The van der Waals surface area contributed by atoms with Gasteiger partial charge in [0.05, 0.1) is 0 Å². The third-order valence-corrected chi connectivity index (χ3v) is 2.23. The number of hydrogen-bond donors (Lipinski definition) is 1. The molecule has 13 heavy (non-hydrogen) atoms. The first kappa shape index (κ1) is 12.1. The monoisotopic (exact) mass is 190 g/mol. The van der Waals surface area contributed by atoms with Gasteiger partial charge in [0, 0.05) is 5.92 Å². The highest BCUT2D eigenvalue weighted by Crippen LogP contribution is 2.26. The van der Waals surface area contributed by atoms with E-state index in [0.29, 0.717) is 12.8 Å². The van der Waals surface area contributed by atoms with Gasteiger partial charge in [-0.15, -0.1) is 0 Å². The third-order valence-electron chi connectivity index (χ3n) is 2.23. The number of carbonyl (C=O) groups is 2. The number of halogens is 1. The predicted molar refractivity (Wildman–Crippen MR) is 46.2 cm³/mol. The molecule has 0 radical (unpaired) electrons. The summed E-state index contributed by atoms with van der Waals surface area (Å²) >= 11 is 0. The van der Waals surface area contributed by atoms with Crippen LogP contribution in [0.15, 0.2) is 0 Å². The molecule has 3 nitrogen and oxygen atoms in total. The maximum Gasteiger partial charge on any atom is 0.290 e. The van der Waals surface area contributed by atoms with E-state index in [9.17, 15) is 9.18 Å². The molecule has 1 fully saturated rings. The Labute approximate surface area is 76.9 Å². The molecule has 1 aliphatic carbocycles. The zero-order valence-electron chi connectivity index (χ0n) is 7.70. The summed E-state index contributed by atoms with van der Waals surface area (Å²) < 4.78 is 12.5. The fourth-order valence-electron chi connectivity index (χ4n) is 1.46. The van der Waals surface area contributed by atoms with E-state index in [0.717, 1.165) is 12.8 Å². The second kappa shape index (κ2) is 6.57. The quantitative estimate of drug-likeness (QED) is 0.641. The number of carboxylic acid groups (broad SMARTS) is 1. The Hall–Kier alpha value is -0.930. The lowest BCUT2D eigenvalue weighted by atomic mass is 9.86. The van der Waals surface area contributed by atoms with Gasteiger partial charge >= 0.3 is 0 Å². The minimum absolute atomic E-state index is 0.159. The van der Waals surface area contributed by atoms with Gasteiger partial charge in [-0.25, -0.2) is 4.39 Å². The van der Waals surface area contributed by atoms with Crippen molar-refractivity contribution in [3.63, 3.8) is 0 Å². The molecule has 0 aromatic rings. The summed E-state index contributed by atoms with van der Waals surface area (Å²) in [5.74, 6) is 0.388. The van der Waals surface area contributed by atoms with E-state index < -0.39 is 6.17 Å². The first-order chi connectivity index (χ1) is 6.11. The van der Waals surface area contributed by atoms with E-state index in [2.05, 4.69) is 0 Å². The molecule has 0 atom stereocenters. The Balaban J connectivity index is 0.000000424. The molecule has 4 heteroatoms. The van der Waals surface area contributed by atoms with Crippen LogP contribution in [-0.4, -0.2) is 23.5 Å². The van der Waals surface area contributed by atoms with Crippen molar-refractivity contribution in [2.75, 3.05) is 0 Å². The van der Waals surface area contributed by atoms with Crippen LogP contribution in [0.5, 0.6) is 0 Å². The zero-order valence-corrected chi connectivity index (χ0v) is 7.70. The molecule has 1 saturated carbocycles. The number of Topliss-reactive ketones (excluding diaryl/α,β-unsaturated/α-hetero) is 1. The summed E-state index contributed by atoms with van der Waals surface area (Å²) in [5.41, 5.74) is 0. The SMILES string of the molecule is CC(=O)C1CCC(F)CC1.O=CO. The van der Waals surface area contributed by atoms with Crippen LogP contribution in [-0.2, 0) is 9.59 Å². The topological polar surface area (TPSA) is 54.4 Å². The van der Waals surface area contributed by atoms with Crippen molar-refractivity contribution in [3.8, 4) is 0 Å². The van der Waals surface area contributed by atoms with Gasteiger partial charge in [0.1, 0.15) is 12.0 Å². The minimum Gasteiger partial charge on any atom is -0.483 e. The Bertz CT molecular complexity index is 162. The smallest absolute Gasteiger partial charge is 0.290 e. The van der Waals surface area contributed by atoms with E-state index in [1.807, 2.05) is 0 Å². The van der Waals surface area contributed by atoms with Crippen molar-refractivity contribution in [3.05, 3.63) is 0 Å². The highest BCUT2D eigenvalue weighted by molar-refractivity contribution is 5.78. The molecule has 0 aliphatic heterocycles. The predicted octanol–water partition coefficient (Wildman–Crippen LogP) is 1.80. The molecule has 0 bridgehead atoms. The largest absolute Gasteiger partial charge is 0.483 e. The van der Waals surface area contributed by atoms with Gasteiger partial charge in [-0.05, 0) is 32.6 Å². The van der Waals surface area contributed by atoms with Crippen molar-refractivity contribution in [2.24, 2.45) is 5.92 Å². The number of rotatable bonds is 1. The lowest BCUT2D eigenvalue weighted by molar-refractivity contribution is -0.123. The number of alkyl halides is 1. The lowest BCUT2D eigenvalue weighted by Crippen LogP contribution is -2.20. The lowest BCUT2D eigenvalue weighted by Gasteiger charge is -2.21. The van der Waals surface area contributed by atoms with Crippen LogP contribution in [0, 0.1) is 5.92 Å². The molecule has 0 aromatic carbocycles. The molecular formula is C9H15FO3. The summed E-state index contributed by atoms with van der Waals surface area (Å²) in [6.07, 6.45) is 2.05. The Morgan fingerprint density at radius 1 is 1.38 bits per heavy atom. The van der Waals surface area contributed by atoms with Crippen LogP contribution in [0.4, 0.5) is 4.39 Å². The molecule has 0 saturated heterocycles. The minimum atomic E-state index is -0.643. The number of ketones is 1. The van der Waals surface area contributed by atoms with E-state index in [1.165, 1.54) is 0 Å². The summed E-state index contributed by atoms with van der Waals surface area (Å²) in [4.78, 5) is 19.1. The zero-order chi connectivity index (χ0) is 10.3. The van der Waals surface area contributed by atoms with Crippen molar-refractivity contribution >= 4 is 12.3 Å². The molecule has 1 N–H and O–H groups in total. The molecule has 0 spiro atoms. The highest BCUT2D eigenvalue weighted by atomic mass is 19.1. The van der Waals surface area contributed by atoms with E-state index >= 15 is 0 Å². The van der Waals surface area contributed by atoms with Crippen LogP contribution in [0.3, 0.4) is 0 Å². The van der Waals surface area contributed by atoms with Crippen LogP contribution in [0.25, 0.3) is 0 Å². The Morgan fingerprint density at radius 3 is 2.08 bits per heavy atom. The molecule has 0 unspecified atom stereocenters. The molecular weight excluding hydrogens is 175 g/mol. The number of carbonyl (C=O) groups excluding carboxylic acids is 1. The molecule has 1 rings (SSSR count). The van der Waals surface area contributed by atoms with E-state index in [-0.39, 0.29) is 18.2 Å².